The molecule has 0 bridgehead atoms. The van der Waals surface area contributed by atoms with Crippen molar-refractivity contribution in [3.63, 3.8) is 0 Å². The van der Waals surface area contributed by atoms with Gasteiger partial charge in [-0.25, -0.2) is 0 Å². The molecule has 26 heavy (non-hydrogen) atoms. The van der Waals surface area contributed by atoms with Crippen LogP contribution in [0.5, 0.6) is 0 Å². The lowest BCUT2D eigenvalue weighted by Crippen LogP contribution is -2.27. The molecule has 0 radical (unpaired) electrons. The van der Waals surface area contributed by atoms with Crippen LogP contribution in [-0.2, 0) is 9.59 Å². The smallest absolute Gasteiger partial charge is 0.271 e. The van der Waals surface area contributed by atoms with Gasteiger partial charge in [0.05, 0.1) is 34.3 Å². The highest BCUT2D eigenvalue weighted by atomic mass is 16.2. The minimum absolute atomic E-state index is 0.185. The SMILES string of the molecule is C=C/C(=C\C)N1N=C(C)/C(=C\C2C(=O)N(c3ccccc3)N=C2C)C1=O. The minimum Gasteiger partial charge on any atom is -0.271 e. The second kappa shape index (κ2) is 6.92. The van der Waals surface area contributed by atoms with Crippen molar-refractivity contribution in [1.82, 2.24) is 5.01 Å². The molecule has 0 spiro atoms. The summed E-state index contributed by atoms with van der Waals surface area (Å²) in [5, 5.41) is 11.3. The lowest BCUT2D eigenvalue weighted by atomic mass is 9.98. The summed E-state index contributed by atoms with van der Waals surface area (Å²) in [5.74, 6) is -1.04. The maximum atomic E-state index is 12.8. The third-order valence-electron chi connectivity index (χ3n) is 4.33. The standard InChI is InChI=1S/C20H20N4O2/c1-5-15(6-2)23-19(25)17(13(3)21-23)12-18-14(4)22-24(20(18)26)16-10-8-7-9-11-16/h5-12,18H,1H2,2-4H3/b15-6+,17-12+. The minimum atomic E-state index is -0.586. The van der Waals surface area contributed by atoms with E-state index in [0.29, 0.717) is 28.4 Å². The molecule has 0 aromatic heterocycles. The van der Waals surface area contributed by atoms with Crippen LogP contribution in [-0.4, -0.2) is 28.2 Å². The lowest BCUT2D eigenvalue weighted by molar-refractivity contribution is -0.123. The van der Waals surface area contributed by atoms with Crippen LogP contribution in [0.1, 0.15) is 20.8 Å². The van der Waals surface area contributed by atoms with E-state index >= 15 is 0 Å². The average Bonchev–Trinajstić information content (AvgIpc) is 3.08. The fraction of sp³-hybridized carbons (Fsp3) is 0.200. The number of hydrogen-bond donors (Lipinski definition) is 0. The van der Waals surface area contributed by atoms with Gasteiger partial charge in [0.25, 0.3) is 11.8 Å². The summed E-state index contributed by atoms with van der Waals surface area (Å²) in [6.07, 6.45) is 4.99. The number of allylic oxidation sites excluding steroid dienone is 2. The first kappa shape index (κ1) is 17.5. The van der Waals surface area contributed by atoms with Crippen molar-refractivity contribution < 1.29 is 9.59 Å². The highest BCUT2D eigenvalue weighted by Crippen LogP contribution is 2.27. The normalized spacial score (nSPS) is 22.2. The molecule has 1 atom stereocenters. The maximum Gasteiger partial charge on any atom is 0.280 e. The lowest BCUT2D eigenvalue weighted by Gasteiger charge is -2.13. The zero-order valence-electron chi connectivity index (χ0n) is 15.0. The number of hydrogen-bond acceptors (Lipinski definition) is 4. The fourth-order valence-corrected chi connectivity index (χ4v) is 2.90. The Balaban J connectivity index is 1.90. The summed E-state index contributed by atoms with van der Waals surface area (Å²) in [7, 11) is 0. The number of amides is 2. The zero-order chi connectivity index (χ0) is 18.8. The second-order valence-corrected chi connectivity index (χ2v) is 6.01. The van der Waals surface area contributed by atoms with Crippen LogP contribution in [0.2, 0.25) is 0 Å². The van der Waals surface area contributed by atoms with E-state index in [2.05, 4.69) is 16.8 Å². The number of rotatable bonds is 4. The largest absolute Gasteiger partial charge is 0.280 e. The molecular formula is C20H20N4O2. The summed E-state index contributed by atoms with van der Waals surface area (Å²) in [5.41, 5.74) is 2.92. The second-order valence-electron chi connectivity index (χ2n) is 6.01. The van der Waals surface area contributed by atoms with E-state index in [0.717, 1.165) is 0 Å². The van der Waals surface area contributed by atoms with Gasteiger partial charge in [-0.05, 0) is 39.0 Å². The first-order chi connectivity index (χ1) is 12.5. The van der Waals surface area contributed by atoms with Crippen LogP contribution < -0.4 is 5.01 Å². The molecule has 1 aromatic carbocycles. The maximum absolute atomic E-state index is 12.8. The molecule has 1 aromatic rings. The Morgan fingerprint density at radius 2 is 1.85 bits per heavy atom. The van der Waals surface area contributed by atoms with Crippen molar-refractivity contribution in [2.45, 2.75) is 20.8 Å². The van der Waals surface area contributed by atoms with Gasteiger partial charge in [0.2, 0.25) is 0 Å². The Labute approximate surface area is 152 Å². The molecule has 1 unspecified atom stereocenters. The molecule has 132 valence electrons. The number of para-hydroxylation sites is 1. The monoisotopic (exact) mass is 348 g/mol. The Bertz CT molecular complexity index is 894. The Morgan fingerprint density at radius 1 is 1.15 bits per heavy atom. The molecule has 0 saturated heterocycles. The van der Waals surface area contributed by atoms with Crippen molar-refractivity contribution in [2.24, 2.45) is 16.1 Å². The van der Waals surface area contributed by atoms with Crippen LogP contribution in [0, 0.1) is 5.92 Å². The van der Waals surface area contributed by atoms with E-state index in [4.69, 9.17) is 0 Å². The van der Waals surface area contributed by atoms with Crippen LogP contribution in [0.3, 0.4) is 0 Å². The summed E-state index contributed by atoms with van der Waals surface area (Å²) in [6.45, 7) is 9.05. The average molecular weight is 348 g/mol. The van der Waals surface area contributed by atoms with Gasteiger partial charge in [0.15, 0.2) is 0 Å². The highest BCUT2D eigenvalue weighted by Gasteiger charge is 2.36. The quantitative estimate of drug-likeness (QED) is 0.619. The topological polar surface area (TPSA) is 65.3 Å². The van der Waals surface area contributed by atoms with Gasteiger partial charge in [0.1, 0.15) is 0 Å². The van der Waals surface area contributed by atoms with Gasteiger partial charge >= 0.3 is 0 Å². The zero-order valence-corrected chi connectivity index (χ0v) is 15.0. The summed E-state index contributed by atoms with van der Waals surface area (Å²) in [6, 6.07) is 9.22. The van der Waals surface area contributed by atoms with Gasteiger partial charge in [-0.1, -0.05) is 36.9 Å². The van der Waals surface area contributed by atoms with Crippen molar-refractivity contribution >= 4 is 28.9 Å². The highest BCUT2D eigenvalue weighted by molar-refractivity contribution is 6.26. The summed E-state index contributed by atoms with van der Waals surface area (Å²) < 4.78 is 0. The molecule has 2 amide bonds. The molecule has 2 aliphatic heterocycles. The molecule has 2 aliphatic rings. The molecule has 2 heterocycles. The van der Waals surface area contributed by atoms with E-state index in [-0.39, 0.29) is 11.8 Å². The first-order valence-electron chi connectivity index (χ1n) is 8.32. The van der Waals surface area contributed by atoms with Gasteiger partial charge in [-0.15, -0.1) is 0 Å². The van der Waals surface area contributed by atoms with E-state index in [1.54, 1.807) is 32.1 Å². The number of nitrogens with zero attached hydrogens (tertiary/aromatic N) is 4. The van der Waals surface area contributed by atoms with E-state index in [1.807, 2.05) is 37.3 Å². The Hall–Kier alpha value is -3.28. The van der Waals surface area contributed by atoms with Crippen LogP contribution in [0.15, 0.2) is 76.6 Å². The molecule has 3 rings (SSSR count). The third kappa shape index (κ3) is 2.90. The van der Waals surface area contributed by atoms with E-state index < -0.39 is 5.92 Å². The van der Waals surface area contributed by atoms with Crippen molar-refractivity contribution in [2.75, 3.05) is 5.01 Å². The van der Waals surface area contributed by atoms with Gasteiger partial charge in [-0.2, -0.15) is 20.2 Å². The predicted octanol–water partition coefficient (Wildman–Crippen LogP) is 3.26. The number of benzene rings is 1. The van der Waals surface area contributed by atoms with Gasteiger partial charge in [-0.3, -0.25) is 9.59 Å². The van der Waals surface area contributed by atoms with Crippen LogP contribution in [0.4, 0.5) is 5.69 Å². The summed E-state index contributed by atoms with van der Waals surface area (Å²) in [4.78, 5) is 25.5. The number of anilines is 1. The van der Waals surface area contributed by atoms with E-state index in [1.165, 1.54) is 10.0 Å². The van der Waals surface area contributed by atoms with Crippen molar-refractivity contribution in [3.05, 3.63) is 66.4 Å². The third-order valence-corrected chi connectivity index (χ3v) is 4.33. The Morgan fingerprint density at radius 3 is 2.46 bits per heavy atom. The molecule has 0 saturated carbocycles. The fourth-order valence-electron chi connectivity index (χ4n) is 2.90. The van der Waals surface area contributed by atoms with Crippen LogP contribution >= 0.6 is 0 Å². The van der Waals surface area contributed by atoms with Gasteiger partial charge < -0.3 is 0 Å². The van der Waals surface area contributed by atoms with Crippen molar-refractivity contribution in [1.29, 1.82) is 0 Å². The molecule has 6 heteroatoms. The van der Waals surface area contributed by atoms with Gasteiger partial charge in [0, 0.05) is 0 Å². The van der Waals surface area contributed by atoms with Crippen LogP contribution in [0.25, 0.3) is 0 Å². The van der Waals surface area contributed by atoms with E-state index in [9.17, 15) is 9.59 Å². The molecule has 0 fully saturated rings. The molecule has 6 nitrogen and oxygen atoms in total. The molecular weight excluding hydrogens is 328 g/mol. The predicted molar refractivity (Wildman–Crippen MR) is 103 cm³/mol. The number of carbonyl (C=O) groups is 2. The number of hydrazone groups is 2. The Kier molecular flexibility index (Phi) is 4.67. The van der Waals surface area contributed by atoms with Crippen molar-refractivity contribution in [3.8, 4) is 0 Å². The first-order valence-corrected chi connectivity index (χ1v) is 8.32. The molecule has 0 N–H and O–H groups in total. The number of carbonyl (C=O) groups excluding carboxylic acids is 2. The molecule has 0 aliphatic carbocycles. The summed E-state index contributed by atoms with van der Waals surface area (Å²) >= 11 is 0.